The lowest BCUT2D eigenvalue weighted by atomic mass is 10.1. The molecule has 0 saturated carbocycles. The Morgan fingerprint density at radius 3 is 2.50 bits per heavy atom. The average Bonchev–Trinajstić information content (AvgIpc) is 2.76. The predicted octanol–water partition coefficient (Wildman–Crippen LogP) is 0.754. The first-order valence-corrected chi connectivity index (χ1v) is 6.13. The number of aromatic nitrogens is 2. The molecule has 2 rings (SSSR count). The Morgan fingerprint density at radius 2 is 1.85 bits per heavy atom. The van der Waals surface area contributed by atoms with Crippen molar-refractivity contribution in [1.29, 1.82) is 0 Å². The van der Waals surface area contributed by atoms with E-state index in [-0.39, 0.29) is 11.7 Å². The average molecular weight is 277 g/mol. The number of hydrogen-bond donors (Lipinski definition) is 4. The molecule has 7 heteroatoms. The number of hydrogen-bond acceptors (Lipinski definition) is 3. The number of aromatic amines is 2. The van der Waals surface area contributed by atoms with Crippen LogP contribution in [-0.2, 0) is 9.59 Å². The second-order valence-corrected chi connectivity index (χ2v) is 4.67. The van der Waals surface area contributed by atoms with Crippen molar-refractivity contribution in [3.8, 4) is 0 Å². The maximum Gasteiger partial charge on any atom is 0.323 e. The quantitative estimate of drug-likeness (QED) is 0.617. The highest BCUT2D eigenvalue weighted by molar-refractivity contribution is 5.96. The standard InChI is InChI=1S/C13H15N3O4/c1-6(12(18)19)11(17)14-7(2)8-3-4-9-10(5-8)16-13(20)15-9/h3-7H,1-2H3,(H,14,17)(H,18,19)(H2,15,16,20). The minimum atomic E-state index is -1.17. The molecule has 0 radical (unpaired) electrons. The molecule has 2 atom stereocenters. The number of fused-ring (bicyclic) bond motifs is 1. The molecule has 0 aliphatic carbocycles. The Labute approximate surface area is 114 Å². The molecule has 20 heavy (non-hydrogen) atoms. The highest BCUT2D eigenvalue weighted by Gasteiger charge is 2.22. The number of aliphatic carboxylic acids is 1. The lowest BCUT2D eigenvalue weighted by molar-refractivity contribution is -0.146. The molecule has 2 unspecified atom stereocenters. The molecule has 0 aliphatic rings. The number of amides is 1. The van der Waals surface area contributed by atoms with Crippen LogP contribution in [0, 0.1) is 5.92 Å². The number of carboxylic acid groups (broad SMARTS) is 1. The summed E-state index contributed by atoms with van der Waals surface area (Å²) in [7, 11) is 0. The van der Waals surface area contributed by atoms with Crippen molar-refractivity contribution < 1.29 is 14.7 Å². The van der Waals surface area contributed by atoms with E-state index in [2.05, 4.69) is 15.3 Å². The van der Waals surface area contributed by atoms with Crippen LogP contribution in [0.2, 0.25) is 0 Å². The number of rotatable bonds is 4. The maximum atomic E-state index is 11.7. The second kappa shape index (κ2) is 5.20. The van der Waals surface area contributed by atoms with E-state index < -0.39 is 17.8 Å². The lowest BCUT2D eigenvalue weighted by Gasteiger charge is -2.16. The first-order valence-electron chi connectivity index (χ1n) is 6.13. The lowest BCUT2D eigenvalue weighted by Crippen LogP contribution is -2.35. The smallest absolute Gasteiger partial charge is 0.323 e. The molecule has 1 heterocycles. The SMILES string of the molecule is CC(C(=O)O)C(=O)NC(C)c1ccc2[nH]c(=O)[nH]c2c1. The van der Waals surface area contributed by atoms with E-state index in [0.717, 1.165) is 5.56 Å². The van der Waals surface area contributed by atoms with Gasteiger partial charge in [-0.15, -0.1) is 0 Å². The normalized spacial score (nSPS) is 13.9. The third kappa shape index (κ3) is 2.71. The van der Waals surface area contributed by atoms with Crippen LogP contribution in [0.3, 0.4) is 0 Å². The number of carbonyl (C=O) groups excluding carboxylic acids is 1. The highest BCUT2D eigenvalue weighted by Crippen LogP contribution is 2.17. The Bertz CT molecular complexity index is 716. The molecule has 0 spiro atoms. The van der Waals surface area contributed by atoms with Gasteiger partial charge < -0.3 is 20.4 Å². The number of carboxylic acids is 1. The van der Waals surface area contributed by atoms with Crippen LogP contribution < -0.4 is 11.0 Å². The zero-order valence-electron chi connectivity index (χ0n) is 11.1. The Morgan fingerprint density at radius 1 is 1.20 bits per heavy atom. The van der Waals surface area contributed by atoms with Gasteiger partial charge in [0.05, 0.1) is 17.1 Å². The van der Waals surface area contributed by atoms with E-state index in [1.165, 1.54) is 6.92 Å². The number of nitrogens with one attached hydrogen (secondary N) is 3. The van der Waals surface area contributed by atoms with E-state index in [9.17, 15) is 14.4 Å². The van der Waals surface area contributed by atoms with Crippen molar-refractivity contribution in [2.45, 2.75) is 19.9 Å². The first kappa shape index (κ1) is 13.9. The highest BCUT2D eigenvalue weighted by atomic mass is 16.4. The fourth-order valence-corrected chi connectivity index (χ4v) is 1.85. The van der Waals surface area contributed by atoms with Crippen molar-refractivity contribution >= 4 is 22.9 Å². The summed E-state index contributed by atoms with van der Waals surface area (Å²) in [6, 6.07) is 4.88. The van der Waals surface area contributed by atoms with Crippen LogP contribution in [0.4, 0.5) is 0 Å². The molecule has 7 nitrogen and oxygen atoms in total. The molecule has 0 saturated heterocycles. The molecule has 106 valence electrons. The fourth-order valence-electron chi connectivity index (χ4n) is 1.85. The predicted molar refractivity (Wildman–Crippen MR) is 72.3 cm³/mol. The summed E-state index contributed by atoms with van der Waals surface area (Å²) >= 11 is 0. The van der Waals surface area contributed by atoms with E-state index in [1.54, 1.807) is 25.1 Å². The summed E-state index contributed by atoms with van der Waals surface area (Å²) in [6.45, 7) is 3.08. The van der Waals surface area contributed by atoms with Gasteiger partial charge in [-0.1, -0.05) is 6.07 Å². The van der Waals surface area contributed by atoms with Gasteiger partial charge in [-0.05, 0) is 31.5 Å². The number of carbonyl (C=O) groups is 2. The van der Waals surface area contributed by atoms with Crippen molar-refractivity contribution in [3.63, 3.8) is 0 Å². The molecular formula is C13H15N3O4. The summed E-state index contributed by atoms with van der Waals surface area (Å²) in [5, 5.41) is 11.4. The molecule has 1 aromatic heterocycles. The van der Waals surface area contributed by atoms with Gasteiger partial charge in [0.1, 0.15) is 5.92 Å². The first-order chi connectivity index (χ1) is 9.38. The molecule has 0 fully saturated rings. The Balaban J connectivity index is 2.18. The van der Waals surface area contributed by atoms with Crippen molar-refractivity contribution in [2.75, 3.05) is 0 Å². The van der Waals surface area contributed by atoms with E-state index in [4.69, 9.17) is 5.11 Å². The van der Waals surface area contributed by atoms with Crippen LogP contribution in [0.15, 0.2) is 23.0 Å². The monoisotopic (exact) mass is 277 g/mol. The van der Waals surface area contributed by atoms with Crippen molar-refractivity contribution in [3.05, 3.63) is 34.2 Å². The van der Waals surface area contributed by atoms with Crippen molar-refractivity contribution in [1.82, 2.24) is 15.3 Å². The van der Waals surface area contributed by atoms with Gasteiger partial charge in [-0.2, -0.15) is 0 Å². The van der Waals surface area contributed by atoms with Crippen LogP contribution >= 0.6 is 0 Å². The molecule has 2 aromatic rings. The van der Waals surface area contributed by atoms with Gasteiger partial charge in [-0.25, -0.2) is 4.79 Å². The topological polar surface area (TPSA) is 115 Å². The largest absolute Gasteiger partial charge is 0.481 e. The third-order valence-electron chi connectivity index (χ3n) is 3.16. The van der Waals surface area contributed by atoms with E-state index in [0.29, 0.717) is 11.0 Å². The minimum absolute atomic E-state index is 0.298. The molecule has 1 amide bonds. The summed E-state index contributed by atoms with van der Waals surface area (Å²) in [5.74, 6) is -2.82. The van der Waals surface area contributed by atoms with Gasteiger partial charge in [0, 0.05) is 0 Å². The summed E-state index contributed by atoms with van der Waals surface area (Å²) in [6.07, 6.45) is 0. The maximum absolute atomic E-state index is 11.7. The zero-order valence-corrected chi connectivity index (χ0v) is 11.1. The van der Waals surface area contributed by atoms with Crippen LogP contribution in [0.1, 0.15) is 25.5 Å². The third-order valence-corrected chi connectivity index (χ3v) is 3.16. The Hall–Kier alpha value is -2.57. The number of benzene rings is 1. The van der Waals surface area contributed by atoms with Gasteiger partial charge in [-0.3, -0.25) is 9.59 Å². The van der Waals surface area contributed by atoms with Gasteiger partial charge in [0.15, 0.2) is 0 Å². The molecule has 1 aromatic carbocycles. The minimum Gasteiger partial charge on any atom is -0.481 e. The van der Waals surface area contributed by atoms with Crippen LogP contribution in [-0.4, -0.2) is 27.0 Å². The van der Waals surface area contributed by atoms with Gasteiger partial charge in [0.2, 0.25) is 5.91 Å². The second-order valence-electron chi connectivity index (χ2n) is 4.67. The van der Waals surface area contributed by atoms with Crippen LogP contribution in [0.25, 0.3) is 11.0 Å². The van der Waals surface area contributed by atoms with Crippen LogP contribution in [0.5, 0.6) is 0 Å². The fraction of sp³-hybridized carbons (Fsp3) is 0.308. The summed E-state index contributed by atoms with van der Waals surface area (Å²) in [4.78, 5) is 38.8. The summed E-state index contributed by atoms with van der Waals surface area (Å²) in [5.41, 5.74) is 1.79. The zero-order chi connectivity index (χ0) is 14.9. The van der Waals surface area contributed by atoms with E-state index >= 15 is 0 Å². The summed E-state index contributed by atoms with van der Waals surface area (Å²) < 4.78 is 0. The van der Waals surface area contributed by atoms with Gasteiger partial charge >= 0.3 is 11.7 Å². The Kier molecular flexibility index (Phi) is 3.60. The van der Waals surface area contributed by atoms with E-state index in [1.807, 2.05) is 0 Å². The number of imidazole rings is 1. The van der Waals surface area contributed by atoms with Gasteiger partial charge in [0.25, 0.3) is 0 Å². The molecular weight excluding hydrogens is 262 g/mol. The molecule has 0 bridgehead atoms. The molecule has 4 N–H and O–H groups in total. The number of H-pyrrole nitrogens is 2. The molecule has 0 aliphatic heterocycles. The van der Waals surface area contributed by atoms with Crippen molar-refractivity contribution in [2.24, 2.45) is 5.92 Å².